The van der Waals surface area contributed by atoms with Crippen molar-refractivity contribution in [3.05, 3.63) is 11.6 Å². The highest BCUT2D eigenvalue weighted by atomic mass is 16.5. The third-order valence-corrected chi connectivity index (χ3v) is 11.0. The maximum Gasteiger partial charge on any atom is 0.308 e. The van der Waals surface area contributed by atoms with E-state index in [1.54, 1.807) is 5.57 Å². The smallest absolute Gasteiger partial charge is 0.308 e. The fraction of sp³-hybridized carbons (Fsp3) is 0.903. The van der Waals surface area contributed by atoms with Crippen LogP contribution in [-0.2, 0) is 9.53 Å². The molecule has 0 amide bonds. The summed E-state index contributed by atoms with van der Waals surface area (Å²) in [6.45, 7) is 16.5. The van der Waals surface area contributed by atoms with Crippen molar-refractivity contribution in [3.8, 4) is 0 Å². The van der Waals surface area contributed by atoms with E-state index in [4.69, 9.17) is 4.74 Å². The Morgan fingerprint density at radius 2 is 1.76 bits per heavy atom. The second-order valence-electron chi connectivity index (χ2n) is 13.7. The minimum Gasteiger partial charge on any atom is -0.462 e. The van der Waals surface area contributed by atoms with E-state index in [-0.39, 0.29) is 18.0 Å². The van der Waals surface area contributed by atoms with Crippen molar-refractivity contribution < 1.29 is 9.53 Å². The molecule has 3 fully saturated rings. The molecule has 188 valence electrons. The van der Waals surface area contributed by atoms with Gasteiger partial charge in [-0.05, 0) is 91.3 Å². The van der Waals surface area contributed by atoms with Crippen molar-refractivity contribution in [2.45, 2.75) is 125 Å². The largest absolute Gasteiger partial charge is 0.462 e. The van der Waals surface area contributed by atoms with Crippen molar-refractivity contribution in [1.82, 2.24) is 0 Å². The van der Waals surface area contributed by atoms with Gasteiger partial charge in [0.25, 0.3) is 0 Å². The highest BCUT2D eigenvalue weighted by molar-refractivity contribution is 5.71. The number of carbonyl (C=O) groups is 1. The lowest BCUT2D eigenvalue weighted by Gasteiger charge is -2.58. The quantitative estimate of drug-likeness (QED) is 0.283. The summed E-state index contributed by atoms with van der Waals surface area (Å²) >= 11 is 0. The van der Waals surface area contributed by atoms with E-state index >= 15 is 0 Å². The van der Waals surface area contributed by atoms with Gasteiger partial charge in [0.2, 0.25) is 0 Å². The summed E-state index contributed by atoms with van der Waals surface area (Å²) in [7, 11) is 0. The van der Waals surface area contributed by atoms with Crippen LogP contribution >= 0.6 is 0 Å². The molecule has 0 aromatic rings. The van der Waals surface area contributed by atoms with Crippen LogP contribution in [-0.4, -0.2) is 12.1 Å². The molecule has 3 saturated carbocycles. The maximum atomic E-state index is 12.2. The minimum absolute atomic E-state index is 0.0224. The third kappa shape index (κ3) is 4.71. The molecule has 4 rings (SSSR count). The highest BCUT2D eigenvalue weighted by Gasteiger charge is 2.59. The van der Waals surface area contributed by atoms with E-state index < -0.39 is 0 Å². The monoisotopic (exact) mass is 456 g/mol. The number of allylic oxidation sites excluding steroid dienone is 1. The normalized spacial score (nSPS) is 41.2. The van der Waals surface area contributed by atoms with Crippen LogP contribution in [0.25, 0.3) is 0 Å². The van der Waals surface area contributed by atoms with Crippen molar-refractivity contribution in [1.29, 1.82) is 0 Å². The van der Waals surface area contributed by atoms with Crippen molar-refractivity contribution >= 4 is 5.97 Å². The van der Waals surface area contributed by atoms with Gasteiger partial charge in [-0.3, -0.25) is 4.79 Å². The molecule has 0 aliphatic heterocycles. The number of esters is 1. The van der Waals surface area contributed by atoms with Crippen LogP contribution in [0.4, 0.5) is 0 Å². The van der Waals surface area contributed by atoms with Crippen LogP contribution in [0.5, 0.6) is 0 Å². The standard InChI is InChI=1S/C31H52O2/c1-20(2)9-8-10-22(5)26-13-14-27-25-12-11-23-19-24(33-29(32)21(3)4)15-17-30(23,6)28(25)16-18-31(26,27)7/h11,20-22,24-28H,8-10,12-19H2,1-7H3/t22-,24+,25+,26-,27+,28+,30+,31-/m0/s1. The molecular weight excluding hydrogens is 404 g/mol. The predicted octanol–water partition coefficient (Wildman–Crippen LogP) is 8.60. The van der Waals surface area contributed by atoms with E-state index in [1.165, 1.54) is 57.8 Å². The second kappa shape index (κ2) is 9.69. The first-order valence-electron chi connectivity index (χ1n) is 14.5. The average Bonchev–Trinajstić information content (AvgIpc) is 3.11. The molecule has 33 heavy (non-hydrogen) atoms. The molecule has 0 bridgehead atoms. The Morgan fingerprint density at radius 3 is 2.45 bits per heavy atom. The molecule has 2 heteroatoms. The molecule has 2 nitrogen and oxygen atoms in total. The zero-order valence-corrected chi connectivity index (χ0v) is 22.8. The van der Waals surface area contributed by atoms with Crippen molar-refractivity contribution in [2.24, 2.45) is 52.3 Å². The first-order chi connectivity index (χ1) is 15.6. The lowest BCUT2D eigenvalue weighted by molar-refractivity contribution is -0.155. The molecule has 0 unspecified atom stereocenters. The van der Waals surface area contributed by atoms with Gasteiger partial charge in [-0.2, -0.15) is 0 Å². The Morgan fingerprint density at radius 1 is 1.00 bits per heavy atom. The SMILES string of the molecule is CC(C)CCC[C@H](C)[C@@H]1CC[C@@H]2[C@H]3CC=C4C[C@H](OC(=O)C(C)C)CC[C@@]4(C)[C@@H]3CC[C@]21C. The van der Waals surface area contributed by atoms with E-state index in [9.17, 15) is 4.79 Å². The summed E-state index contributed by atoms with van der Waals surface area (Å²) in [5.74, 6) is 5.24. The second-order valence-corrected chi connectivity index (χ2v) is 13.7. The van der Waals surface area contributed by atoms with Gasteiger partial charge in [-0.1, -0.05) is 79.4 Å². The van der Waals surface area contributed by atoms with E-state index in [2.05, 4.69) is 40.7 Å². The fourth-order valence-electron chi connectivity index (χ4n) is 9.05. The highest BCUT2D eigenvalue weighted by Crippen LogP contribution is 2.67. The molecule has 0 aromatic carbocycles. The van der Waals surface area contributed by atoms with Crippen LogP contribution in [0.15, 0.2) is 11.6 Å². The summed E-state index contributed by atoms with van der Waals surface area (Å²) in [5.41, 5.74) is 2.52. The summed E-state index contributed by atoms with van der Waals surface area (Å²) in [6.07, 6.45) is 17.2. The Kier molecular flexibility index (Phi) is 7.43. The first-order valence-corrected chi connectivity index (χ1v) is 14.5. The van der Waals surface area contributed by atoms with E-state index in [1.807, 2.05) is 13.8 Å². The van der Waals surface area contributed by atoms with Crippen molar-refractivity contribution in [2.75, 3.05) is 0 Å². The molecule has 4 aliphatic carbocycles. The van der Waals surface area contributed by atoms with Crippen LogP contribution in [0, 0.1) is 52.3 Å². The molecule has 0 radical (unpaired) electrons. The number of hydrogen-bond donors (Lipinski definition) is 0. The molecule has 0 N–H and O–H groups in total. The van der Waals surface area contributed by atoms with Crippen LogP contribution < -0.4 is 0 Å². The van der Waals surface area contributed by atoms with Gasteiger partial charge < -0.3 is 4.74 Å². The summed E-state index contributed by atoms with van der Waals surface area (Å²) < 4.78 is 5.88. The van der Waals surface area contributed by atoms with Gasteiger partial charge in [-0.15, -0.1) is 0 Å². The van der Waals surface area contributed by atoms with Crippen molar-refractivity contribution in [3.63, 3.8) is 0 Å². The summed E-state index contributed by atoms with van der Waals surface area (Å²) in [6, 6.07) is 0. The van der Waals surface area contributed by atoms with Gasteiger partial charge >= 0.3 is 5.97 Å². The van der Waals surface area contributed by atoms with Crippen LogP contribution in [0.3, 0.4) is 0 Å². The first kappa shape index (κ1) is 25.3. The molecule has 4 aliphatic rings. The third-order valence-electron chi connectivity index (χ3n) is 11.0. The Bertz CT molecular complexity index is 735. The zero-order chi connectivity index (χ0) is 24.0. The Labute approximate surface area is 204 Å². The number of hydrogen-bond acceptors (Lipinski definition) is 2. The molecule has 0 heterocycles. The van der Waals surface area contributed by atoms with E-state index in [0.717, 1.165) is 48.3 Å². The van der Waals surface area contributed by atoms with Gasteiger partial charge in [0.15, 0.2) is 0 Å². The molecule has 0 saturated heterocycles. The molecule has 0 spiro atoms. The topological polar surface area (TPSA) is 26.3 Å². The number of fused-ring (bicyclic) bond motifs is 5. The summed E-state index contributed by atoms with van der Waals surface area (Å²) in [4.78, 5) is 12.2. The van der Waals surface area contributed by atoms with Crippen LogP contribution in [0.1, 0.15) is 119 Å². The number of ether oxygens (including phenoxy) is 1. The molecule has 0 aromatic heterocycles. The minimum atomic E-state index is -0.0258. The molecule has 8 atom stereocenters. The van der Waals surface area contributed by atoms with Gasteiger partial charge in [-0.25, -0.2) is 0 Å². The van der Waals surface area contributed by atoms with Gasteiger partial charge in [0.05, 0.1) is 5.92 Å². The van der Waals surface area contributed by atoms with Gasteiger partial charge in [0, 0.05) is 6.42 Å². The van der Waals surface area contributed by atoms with Crippen LogP contribution in [0.2, 0.25) is 0 Å². The average molecular weight is 457 g/mol. The summed E-state index contributed by atoms with van der Waals surface area (Å²) in [5, 5.41) is 0. The maximum absolute atomic E-state index is 12.2. The zero-order valence-electron chi connectivity index (χ0n) is 22.8. The number of carbonyl (C=O) groups excluding carboxylic acids is 1. The Hall–Kier alpha value is -0.790. The fourth-order valence-corrected chi connectivity index (χ4v) is 9.05. The van der Waals surface area contributed by atoms with Gasteiger partial charge in [0.1, 0.15) is 6.10 Å². The lowest BCUT2D eigenvalue weighted by atomic mass is 9.47. The number of rotatable bonds is 7. The predicted molar refractivity (Wildman–Crippen MR) is 138 cm³/mol. The Balaban J connectivity index is 1.45. The molecular formula is C31H52O2. The lowest BCUT2D eigenvalue weighted by Crippen LogP contribution is -2.51. The van der Waals surface area contributed by atoms with E-state index in [0.29, 0.717) is 10.8 Å².